The zero-order valence-electron chi connectivity index (χ0n) is 43.0. The summed E-state index contributed by atoms with van der Waals surface area (Å²) in [4.78, 5) is 28.2. The Bertz CT molecular complexity index is 3080. The number of ketones is 2. The Labute approximate surface area is 463 Å². The fourth-order valence-electron chi connectivity index (χ4n) is 7.42. The third kappa shape index (κ3) is 21.6. The number of rotatable bonds is 14. The van der Waals surface area contributed by atoms with Crippen LogP contribution in [0.1, 0.15) is 78.1 Å². The zero-order chi connectivity index (χ0) is 58.8. The van der Waals surface area contributed by atoms with Crippen LogP contribution >= 0.6 is 33.9 Å². The first kappa shape index (κ1) is 67.4. The van der Waals surface area contributed by atoms with E-state index in [4.69, 9.17) is 33.9 Å². The van der Waals surface area contributed by atoms with Gasteiger partial charge in [-0.25, -0.2) is 34.4 Å². The number of benzene rings is 4. The van der Waals surface area contributed by atoms with E-state index < -0.39 is 65.8 Å². The number of carbonyl (C=O) groups excluding carboxylic acids is 2. The summed E-state index contributed by atoms with van der Waals surface area (Å²) in [5.41, 5.74) is -0.427. The van der Waals surface area contributed by atoms with Crippen LogP contribution in [0.2, 0.25) is 0 Å². The molecule has 4 aromatic rings. The van der Waals surface area contributed by atoms with Gasteiger partial charge in [0.05, 0.1) is 22.6 Å². The van der Waals surface area contributed by atoms with E-state index in [2.05, 4.69) is 31.0 Å². The van der Waals surface area contributed by atoms with E-state index in [1.807, 2.05) is 0 Å². The summed E-state index contributed by atoms with van der Waals surface area (Å²) in [5.74, 6) is -4.41. The van der Waals surface area contributed by atoms with Crippen LogP contribution < -0.4 is 5.32 Å². The number of nitrogens with zero attached hydrogens (tertiary/aromatic N) is 2. The molecule has 2 aliphatic heterocycles. The van der Waals surface area contributed by atoms with Crippen LogP contribution in [0, 0.1) is 37.1 Å². The van der Waals surface area contributed by atoms with Crippen LogP contribution in [0.25, 0.3) is 24.3 Å². The van der Waals surface area contributed by atoms with Crippen molar-refractivity contribution >= 4 is 88.8 Å². The molecule has 1 N–H and O–H groups in total. The molecule has 24 heteroatoms. The molecule has 0 bridgehead atoms. The summed E-state index contributed by atoms with van der Waals surface area (Å²) in [7, 11) is -2.33. The van der Waals surface area contributed by atoms with Crippen molar-refractivity contribution < 1.29 is 70.3 Å². The Morgan fingerprint density at radius 1 is 0.551 bits per heavy atom. The number of sulfonamides is 1. The number of piperidine rings is 2. The molecule has 0 saturated carbocycles. The van der Waals surface area contributed by atoms with E-state index >= 15 is 0 Å². The molecule has 0 spiro atoms. The highest BCUT2D eigenvalue weighted by Gasteiger charge is 2.36. The fraction of sp³-hybridized carbons (Fsp3) is 0.370. The number of alkyl halides is 8. The van der Waals surface area contributed by atoms with Gasteiger partial charge in [-0.3, -0.25) is 9.59 Å². The third-order valence-electron chi connectivity index (χ3n) is 11.6. The summed E-state index contributed by atoms with van der Waals surface area (Å²) in [6.45, 7) is 13.1. The van der Waals surface area contributed by atoms with Gasteiger partial charge in [-0.1, -0.05) is 45.0 Å². The van der Waals surface area contributed by atoms with Gasteiger partial charge in [0, 0.05) is 70.9 Å². The summed E-state index contributed by atoms with van der Waals surface area (Å²) in [6.07, 6.45) is -3.73. The van der Waals surface area contributed by atoms with Gasteiger partial charge in [0.25, 0.3) is 0 Å². The number of Topliss-reactive ketones (excluding diaryl/α,β-unsaturated/α-hetero) is 2. The first-order valence-corrected chi connectivity index (χ1v) is 29.2. The summed E-state index contributed by atoms with van der Waals surface area (Å²) in [5, 5.41) is 3.01. The van der Waals surface area contributed by atoms with Crippen molar-refractivity contribution in [3.8, 4) is 0 Å². The van der Waals surface area contributed by atoms with Crippen LogP contribution in [0.15, 0.2) is 95.1 Å². The monoisotopic (exact) mass is 1200 g/mol. The topological polar surface area (TPSA) is 121 Å². The smallest absolute Gasteiger partial charge is 0.308 e. The maximum absolute atomic E-state index is 13.7. The van der Waals surface area contributed by atoms with Gasteiger partial charge in [-0.2, -0.15) is 30.6 Å². The van der Waals surface area contributed by atoms with E-state index in [0.29, 0.717) is 58.3 Å². The summed E-state index contributed by atoms with van der Waals surface area (Å²) >= 11 is 10.8. The molecule has 0 amide bonds. The van der Waals surface area contributed by atoms with Crippen molar-refractivity contribution in [3.63, 3.8) is 0 Å². The van der Waals surface area contributed by atoms with Gasteiger partial charge >= 0.3 is 12.4 Å². The van der Waals surface area contributed by atoms with Crippen molar-refractivity contribution in [2.45, 2.75) is 59.8 Å². The number of aryl methyl sites for hydroxylation is 2. The molecule has 6 rings (SSSR count). The Morgan fingerprint density at radius 3 is 1.19 bits per heavy atom. The van der Waals surface area contributed by atoms with Gasteiger partial charge in [0.15, 0.2) is 11.6 Å². The molecular weight excluding hydrogens is 1150 g/mol. The van der Waals surface area contributed by atoms with Crippen molar-refractivity contribution in [1.82, 2.24) is 14.5 Å². The molecule has 4 aromatic carbocycles. The third-order valence-corrected chi connectivity index (χ3v) is 15.2. The fourth-order valence-corrected chi connectivity index (χ4v) is 10.3. The predicted molar refractivity (Wildman–Crippen MR) is 289 cm³/mol. The van der Waals surface area contributed by atoms with E-state index in [9.17, 15) is 70.3 Å². The molecule has 9 nitrogen and oxygen atoms in total. The highest BCUT2D eigenvalue weighted by Crippen LogP contribution is 2.34. The lowest BCUT2D eigenvalue weighted by Gasteiger charge is -2.29. The Balaban J connectivity index is 0.000000329. The molecule has 0 aliphatic carbocycles. The van der Waals surface area contributed by atoms with Crippen LogP contribution in [0.5, 0.6) is 0 Å². The lowest BCUT2D eigenvalue weighted by molar-refractivity contribution is -0.140. The first-order chi connectivity index (χ1) is 36.4. The Kier molecular flexibility index (Phi) is 26.5. The van der Waals surface area contributed by atoms with Gasteiger partial charge in [0.1, 0.15) is 23.3 Å². The van der Waals surface area contributed by atoms with Crippen molar-refractivity contribution in [2.24, 2.45) is 0 Å². The summed E-state index contributed by atoms with van der Waals surface area (Å²) in [6, 6.07) is 13.4. The Morgan fingerprint density at radius 2 is 0.885 bits per heavy atom. The minimum absolute atomic E-state index is 0.0297. The second-order valence-corrected chi connectivity index (χ2v) is 23.2. The quantitative estimate of drug-likeness (QED) is 0.0574. The second-order valence-electron chi connectivity index (χ2n) is 17.5. The van der Waals surface area contributed by atoms with Gasteiger partial charge in [0.2, 0.25) is 19.1 Å². The minimum Gasteiger partial charge on any atom is -0.308 e. The van der Waals surface area contributed by atoms with Gasteiger partial charge in [-0.15, -0.1) is 23.2 Å². The largest absolute Gasteiger partial charge is 0.419 e. The highest BCUT2D eigenvalue weighted by molar-refractivity contribution is 8.13. The maximum atomic E-state index is 13.7. The van der Waals surface area contributed by atoms with Crippen molar-refractivity contribution in [3.05, 3.63) is 163 Å². The first-order valence-electron chi connectivity index (χ1n) is 24.0. The number of carbonyl (C=O) groups is 2. The molecule has 0 unspecified atom stereocenters. The van der Waals surface area contributed by atoms with E-state index in [1.54, 1.807) is 19.1 Å². The average molecular weight is 1210 g/mol. The normalized spacial score (nSPS) is 16.7. The number of hydrogen-bond acceptors (Lipinski definition) is 8. The summed E-state index contributed by atoms with van der Waals surface area (Å²) < 4.78 is 179. The van der Waals surface area contributed by atoms with Crippen LogP contribution in [0.4, 0.5) is 43.9 Å². The van der Waals surface area contributed by atoms with Crippen LogP contribution in [-0.2, 0) is 41.0 Å². The number of nitrogens with one attached hydrogen (secondary N) is 1. The lowest BCUT2D eigenvalue weighted by Crippen LogP contribution is -2.42. The molecule has 0 radical (unpaired) electrons. The second kappa shape index (κ2) is 30.6. The van der Waals surface area contributed by atoms with E-state index in [1.165, 1.54) is 75.1 Å². The molecule has 78 heavy (non-hydrogen) atoms. The minimum atomic E-state index is -4.95. The highest BCUT2D eigenvalue weighted by atomic mass is 35.7. The molecule has 2 heterocycles. The zero-order valence-corrected chi connectivity index (χ0v) is 46.9. The van der Waals surface area contributed by atoms with E-state index in [0.717, 1.165) is 22.5 Å². The average Bonchev–Trinajstić information content (AvgIpc) is 3.36. The lowest BCUT2D eigenvalue weighted by atomic mass is 9.95. The van der Waals surface area contributed by atoms with Crippen molar-refractivity contribution in [1.29, 1.82) is 0 Å². The SMILES string of the molecule is CCN(CC)CC.Cc1cc(/C=C2\CN(S(=O)(=O)CCCCl)C/C(=C\c3ccc(F)c(C(F)(F)F)c3)C2=O)ccc1F.Cc1cc(/C=C2\CNC/C(=C\c3ccc(F)c(C(F)(F)F)c3)C2=O)ccc1F.O=S(=O)(Cl)CCCCl. The molecule has 0 atom stereocenters. The number of halogens is 13. The molecule has 2 saturated heterocycles. The maximum Gasteiger partial charge on any atom is 0.419 e. The predicted octanol–water partition coefficient (Wildman–Crippen LogP) is 13.1. The molecular formula is C54H58Cl3F10N3O6S2. The van der Waals surface area contributed by atoms with Crippen molar-refractivity contribution in [2.75, 3.05) is 69.1 Å². The number of hydrogen-bond donors (Lipinski definition) is 1. The standard InChI is InChI=1S/C24H21ClF5NO3S.C21H16F5NO.C6H15N.C3H6Cl2O2S/c1-15-9-16(3-5-21(15)26)10-18-13-31(35(33,34)8-2-7-25)14-19(23(18)32)11-17-4-6-22(27)20(12-17)24(28,29)30;1-12-6-13(2-4-18(12)22)7-15-10-27-11-16(20(15)28)8-14-3-5-19(23)17(9-14)21(24,25)26;1-4-7(5-2)6-3;4-2-1-3-8(5,6)7/h3-6,9-12H,2,7-8,13-14H2,1H3;2-9,27H,10-11H2,1H3;4-6H2,1-3H3;1-3H2/b18-10+,19-11+;15-7+,16-8+;;. The van der Waals surface area contributed by atoms with E-state index in [-0.39, 0.29) is 89.4 Å². The van der Waals surface area contributed by atoms with Crippen LogP contribution in [-0.4, -0.2) is 107 Å². The van der Waals surface area contributed by atoms with Crippen LogP contribution in [0.3, 0.4) is 0 Å². The van der Waals surface area contributed by atoms with Gasteiger partial charge < -0.3 is 10.2 Å². The molecule has 2 fully saturated rings. The Hall–Kier alpha value is -4.87. The molecule has 2 aliphatic rings. The molecule has 428 valence electrons. The van der Waals surface area contributed by atoms with Gasteiger partial charge in [-0.05, 0) is 153 Å². The molecule has 0 aromatic heterocycles.